The van der Waals surface area contributed by atoms with Crippen LogP contribution in [0.3, 0.4) is 0 Å². The van der Waals surface area contributed by atoms with Crippen LogP contribution in [0.1, 0.15) is 11.3 Å². The molecule has 0 aliphatic carbocycles. The summed E-state index contributed by atoms with van der Waals surface area (Å²) in [5, 5.41) is 2.64. The van der Waals surface area contributed by atoms with Crippen LogP contribution in [-0.4, -0.2) is 21.9 Å². The zero-order valence-electron chi connectivity index (χ0n) is 10.4. The van der Waals surface area contributed by atoms with E-state index in [-0.39, 0.29) is 18.1 Å². The van der Waals surface area contributed by atoms with Crippen molar-refractivity contribution in [2.24, 2.45) is 0 Å². The van der Waals surface area contributed by atoms with Crippen molar-refractivity contribution in [3.63, 3.8) is 0 Å². The molecule has 0 saturated carbocycles. The minimum Gasteiger partial charge on any atom is -0.393 e. The SMILES string of the molecule is COCc1[nH]n(-c2ccc(C(F)(F)F)cn2)c(=O)c1N. The molecule has 2 aromatic heterocycles. The summed E-state index contributed by atoms with van der Waals surface area (Å²) in [7, 11) is 1.42. The Morgan fingerprint density at radius 1 is 1.45 bits per heavy atom. The molecule has 2 aromatic rings. The highest BCUT2D eigenvalue weighted by Crippen LogP contribution is 2.28. The lowest BCUT2D eigenvalue weighted by molar-refractivity contribution is -0.137. The Balaban J connectivity index is 2.42. The molecular weight excluding hydrogens is 277 g/mol. The Labute approximate surface area is 111 Å². The van der Waals surface area contributed by atoms with E-state index in [0.717, 1.165) is 16.8 Å². The number of nitrogens with two attached hydrogens (primary N) is 1. The first-order valence-electron chi connectivity index (χ1n) is 5.46. The molecule has 0 radical (unpaired) electrons. The van der Waals surface area contributed by atoms with Gasteiger partial charge < -0.3 is 10.5 Å². The smallest absolute Gasteiger partial charge is 0.393 e. The molecule has 20 heavy (non-hydrogen) atoms. The summed E-state index contributed by atoms with van der Waals surface area (Å²) >= 11 is 0. The summed E-state index contributed by atoms with van der Waals surface area (Å²) in [5.74, 6) is 0.0112. The first kappa shape index (κ1) is 14.1. The molecular formula is C11H11F3N4O2. The van der Waals surface area contributed by atoms with Gasteiger partial charge in [0.15, 0.2) is 5.82 Å². The third-order valence-electron chi connectivity index (χ3n) is 2.60. The number of nitrogens with zero attached hydrogens (tertiary/aromatic N) is 2. The number of anilines is 1. The number of aromatic nitrogens is 3. The van der Waals surface area contributed by atoms with Crippen molar-refractivity contribution in [1.29, 1.82) is 0 Å². The standard InChI is InChI=1S/C11H11F3N4O2/c1-20-5-7-9(15)10(19)18(17-7)8-3-2-6(4-16-8)11(12,13)14/h2-4,17H,5,15H2,1H3. The van der Waals surface area contributed by atoms with Crippen LogP contribution in [0.4, 0.5) is 18.9 Å². The van der Waals surface area contributed by atoms with Crippen LogP contribution in [0.25, 0.3) is 5.82 Å². The van der Waals surface area contributed by atoms with Gasteiger partial charge in [-0.05, 0) is 12.1 Å². The number of alkyl halides is 3. The van der Waals surface area contributed by atoms with E-state index in [2.05, 4.69) is 10.1 Å². The number of hydrogen-bond acceptors (Lipinski definition) is 4. The number of hydrogen-bond donors (Lipinski definition) is 2. The monoisotopic (exact) mass is 288 g/mol. The quantitative estimate of drug-likeness (QED) is 0.891. The number of aromatic amines is 1. The van der Waals surface area contributed by atoms with Crippen molar-refractivity contribution in [3.05, 3.63) is 39.9 Å². The van der Waals surface area contributed by atoms with Crippen LogP contribution in [-0.2, 0) is 17.5 Å². The lowest BCUT2D eigenvalue weighted by Crippen LogP contribution is -2.18. The minimum absolute atomic E-state index is 0.0112. The molecule has 0 saturated heterocycles. The van der Waals surface area contributed by atoms with E-state index < -0.39 is 17.3 Å². The molecule has 0 aromatic carbocycles. The Bertz CT molecular complexity index is 658. The van der Waals surface area contributed by atoms with Crippen LogP contribution in [0, 0.1) is 0 Å². The van der Waals surface area contributed by atoms with Gasteiger partial charge in [-0.2, -0.15) is 17.9 Å². The van der Waals surface area contributed by atoms with E-state index in [0.29, 0.717) is 11.9 Å². The highest BCUT2D eigenvalue weighted by molar-refractivity contribution is 5.43. The lowest BCUT2D eigenvalue weighted by atomic mass is 10.3. The number of H-pyrrole nitrogens is 1. The van der Waals surface area contributed by atoms with Crippen LogP contribution >= 0.6 is 0 Å². The lowest BCUT2D eigenvalue weighted by Gasteiger charge is -2.06. The Kier molecular flexibility index (Phi) is 3.53. The first-order chi connectivity index (χ1) is 9.34. The molecule has 6 nitrogen and oxygen atoms in total. The summed E-state index contributed by atoms with van der Waals surface area (Å²) in [6.45, 7) is 0.0781. The van der Waals surface area contributed by atoms with Gasteiger partial charge in [0.25, 0.3) is 5.56 Å². The average Bonchev–Trinajstić information content (AvgIpc) is 2.67. The number of nitrogens with one attached hydrogen (secondary N) is 1. The fraction of sp³-hybridized carbons (Fsp3) is 0.273. The first-order valence-corrected chi connectivity index (χ1v) is 5.46. The van der Waals surface area contributed by atoms with Crippen molar-refractivity contribution in [2.75, 3.05) is 12.8 Å². The molecule has 0 atom stereocenters. The number of ether oxygens (including phenoxy) is 1. The van der Waals surface area contributed by atoms with Gasteiger partial charge in [0.05, 0.1) is 17.9 Å². The third kappa shape index (κ3) is 2.52. The summed E-state index contributed by atoms with van der Waals surface area (Å²) in [6.07, 6.45) is -3.83. The van der Waals surface area contributed by atoms with Crippen molar-refractivity contribution in [2.45, 2.75) is 12.8 Å². The largest absolute Gasteiger partial charge is 0.417 e. The molecule has 0 aliphatic rings. The summed E-state index contributed by atoms with van der Waals surface area (Å²) in [6, 6.07) is 1.92. The van der Waals surface area contributed by atoms with E-state index in [1.54, 1.807) is 0 Å². The third-order valence-corrected chi connectivity index (χ3v) is 2.60. The minimum atomic E-state index is -4.48. The molecule has 9 heteroatoms. The van der Waals surface area contributed by atoms with Gasteiger partial charge in [-0.25, -0.2) is 4.98 Å². The van der Waals surface area contributed by atoms with Crippen LogP contribution < -0.4 is 11.3 Å². The van der Waals surface area contributed by atoms with Gasteiger partial charge in [0.2, 0.25) is 0 Å². The summed E-state index contributed by atoms with van der Waals surface area (Å²) in [5.41, 5.74) is 4.35. The Morgan fingerprint density at radius 2 is 2.15 bits per heavy atom. The fourth-order valence-corrected chi connectivity index (χ4v) is 1.60. The Hall–Kier alpha value is -2.29. The maximum Gasteiger partial charge on any atom is 0.417 e. The van der Waals surface area contributed by atoms with Crippen LogP contribution in [0.2, 0.25) is 0 Å². The molecule has 0 aliphatic heterocycles. The number of pyridine rings is 1. The molecule has 0 fully saturated rings. The number of rotatable bonds is 3. The highest BCUT2D eigenvalue weighted by atomic mass is 19.4. The number of nitrogen functional groups attached to an aromatic ring is 1. The van der Waals surface area contributed by atoms with E-state index in [1.165, 1.54) is 7.11 Å². The molecule has 108 valence electrons. The van der Waals surface area contributed by atoms with Gasteiger partial charge in [-0.1, -0.05) is 0 Å². The average molecular weight is 288 g/mol. The molecule has 0 bridgehead atoms. The van der Waals surface area contributed by atoms with Gasteiger partial charge in [-0.15, -0.1) is 0 Å². The summed E-state index contributed by atoms with van der Waals surface area (Å²) in [4.78, 5) is 15.4. The molecule has 0 unspecified atom stereocenters. The molecule has 0 spiro atoms. The predicted octanol–water partition coefficient (Wildman–Crippen LogP) is 1.31. The Morgan fingerprint density at radius 3 is 2.65 bits per heavy atom. The second kappa shape index (κ2) is 5.00. The molecule has 3 N–H and O–H groups in total. The topological polar surface area (TPSA) is 85.9 Å². The van der Waals surface area contributed by atoms with Crippen LogP contribution in [0.5, 0.6) is 0 Å². The van der Waals surface area contributed by atoms with Gasteiger partial charge in [-0.3, -0.25) is 9.89 Å². The summed E-state index contributed by atoms with van der Waals surface area (Å²) < 4.78 is 43.1. The zero-order chi connectivity index (χ0) is 14.9. The second-order valence-corrected chi connectivity index (χ2v) is 3.98. The van der Waals surface area contributed by atoms with Crippen LogP contribution in [0.15, 0.2) is 23.1 Å². The molecule has 2 rings (SSSR count). The maximum absolute atomic E-state index is 12.4. The van der Waals surface area contributed by atoms with E-state index in [4.69, 9.17) is 10.5 Å². The van der Waals surface area contributed by atoms with Crippen molar-refractivity contribution >= 4 is 5.69 Å². The van der Waals surface area contributed by atoms with Gasteiger partial charge in [0, 0.05) is 13.3 Å². The zero-order valence-corrected chi connectivity index (χ0v) is 10.4. The van der Waals surface area contributed by atoms with Gasteiger partial charge >= 0.3 is 6.18 Å². The molecule has 2 heterocycles. The van der Waals surface area contributed by atoms with Crippen molar-refractivity contribution in [3.8, 4) is 5.82 Å². The predicted molar refractivity (Wildman–Crippen MR) is 64.3 cm³/mol. The highest BCUT2D eigenvalue weighted by Gasteiger charge is 2.30. The van der Waals surface area contributed by atoms with Crippen molar-refractivity contribution in [1.82, 2.24) is 14.8 Å². The number of halogens is 3. The maximum atomic E-state index is 12.4. The van der Waals surface area contributed by atoms with E-state index in [1.807, 2.05) is 0 Å². The second-order valence-electron chi connectivity index (χ2n) is 3.98. The van der Waals surface area contributed by atoms with E-state index in [9.17, 15) is 18.0 Å². The fourth-order valence-electron chi connectivity index (χ4n) is 1.60. The molecule has 0 amide bonds. The van der Waals surface area contributed by atoms with E-state index >= 15 is 0 Å². The number of methoxy groups -OCH3 is 1. The van der Waals surface area contributed by atoms with Crippen molar-refractivity contribution < 1.29 is 17.9 Å². The van der Waals surface area contributed by atoms with Gasteiger partial charge in [0.1, 0.15) is 5.69 Å². The normalized spacial score (nSPS) is 11.8.